The summed E-state index contributed by atoms with van der Waals surface area (Å²) in [6.07, 6.45) is 2.04. The number of hydrogen-bond donors (Lipinski definition) is 0. The number of hydrogen-bond acceptors (Lipinski definition) is 6. The first-order chi connectivity index (χ1) is 15.2. The topological polar surface area (TPSA) is 55.3 Å². The van der Waals surface area contributed by atoms with Gasteiger partial charge in [-0.3, -0.25) is 4.79 Å². The Hall–Kier alpha value is -2.77. The maximum atomic E-state index is 13.4. The van der Waals surface area contributed by atoms with Crippen LogP contribution in [0, 0.1) is 6.92 Å². The summed E-state index contributed by atoms with van der Waals surface area (Å²) < 4.78 is 7.19. The van der Waals surface area contributed by atoms with Gasteiger partial charge in [0.25, 0.3) is 5.91 Å². The van der Waals surface area contributed by atoms with E-state index in [1.54, 1.807) is 22.7 Å². The summed E-state index contributed by atoms with van der Waals surface area (Å²) >= 11 is 3.35. The Balaban J connectivity index is 1.32. The average Bonchev–Trinajstić information content (AvgIpc) is 3.43. The maximum Gasteiger partial charge on any atom is 0.257 e. The molecule has 1 atom stereocenters. The highest BCUT2D eigenvalue weighted by Crippen LogP contribution is 2.34. The van der Waals surface area contributed by atoms with E-state index in [4.69, 9.17) is 9.72 Å². The molecule has 1 aliphatic rings. The molecule has 0 bridgehead atoms. The number of ether oxygens (including phenoxy) is 1. The quantitative estimate of drug-likeness (QED) is 0.394. The second-order valence-corrected chi connectivity index (χ2v) is 9.88. The van der Waals surface area contributed by atoms with Gasteiger partial charge in [0.2, 0.25) is 0 Å². The predicted molar refractivity (Wildman–Crippen MR) is 125 cm³/mol. The molecule has 5 nitrogen and oxygen atoms in total. The van der Waals surface area contributed by atoms with E-state index in [1.165, 1.54) is 4.70 Å². The maximum absolute atomic E-state index is 13.4. The Bertz CT molecular complexity index is 1180. The number of carbonyl (C=O) groups excluding carboxylic acids is 1. The molecule has 7 heteroatoms. The zero-order valence-electron chi connectivity index (χ0n) is 17.3. The summed E-state index contributed by atoms with van der Waals surface area (Å²) in [5, 5.41) is 4.13. The van der Waals surface area contributed by atoms with Crippen LogP contribution in [0.4, 0.5) is 0 Å². The molecule has 3 heterocycles. The van der Waals surface area contributed by atoms with Crippen molar-refractivity contribution >= 4 is 38.8 Å². The number of piperidine rings is 1. The number of fused-ring (bicyclic) bond motifs is 1. The second kappa shape index (κ2) is 8.77. The van der Waals surface area contributed by atoms with Crippen molar-refractivity contribution in [3.05, 3.63) is 75.2 Å². The van der Waals surface area contributed by atoms with Crippen LogP contribution in [0.5, 0.6) is 5.75 Å². The molecule has 1 aliphatic heterocycles. The fourth-order valence-corrected chi connectivity index (χ4v) is 5.68. The highest BCUT2D eigenvalue weighted by atomic mass is 32.1. The molecule has 0 spiro atoms. The van der Waals surface area contributed by atoms with Crippen molar-refractivity contribution in [1.82, 2.24) is 14.9 Å². The first-order valence-corrected chi connectivity index (χ1v) is 12.1. The molecule has 1 amide bonds. The molecule has 1 fully saturated rings. The van der Waals surface area contributed by atoms with E-state index >= 15 is 0 Å². The zero-order valence-corrected chi connectivity index (χ0v) is 18.9. The van der Waals surface area contributed by atoms with Crippen molar-refractivity contribution in [3.8, 4) is 5.75 Å². The van der Waals surface area contributed by atoms with E-state index in [1.807, 2.05) is 53.6 Å². The number of nitrogens with zero attached hydrogens (tertiary/aromatic N) is 3. The van der Waals surface area contributed by atoms with Gasteiger partial charge < -0.3 is 9.64 Å². The molecule has 5 rings (SSSR count). The number of aryl methyl sites for hydroxylation is 1. The van der Waals surface area contributed by atoms with Gasteiger partial charge in [-0.2, -0.15) is 0 Å². The van der Waals surface area contributed by atoms with Gasteiger partial charge in [-0.25, -0.2) is 9.97 Å². The minimum Gasteiger partial charge on any atom is -0.486 e. The van der Waals surface area contributed by atoms with Crippen LogP contribution in [0.2, 0.25) is 0 Å². The predicted octanol–water partition coefficient (Wildman–Crippen LogP) is 5.66. The number of amides is 1. The van der Waals surface area contributed by atoms with Gasteiger partial charge in [-0.15, -0.1) is 22.7 Å². The summed E-state index contributed by atoms with van der Waals surface area (Å²) in [5.41, 5.74) is 2.54. The number of aromatic nitrogens is 2. The van der Waals surface area contributed by atoms with Crippen LogP contribution in [-0.2, 0) is 6.61 Å². The van der Waals surface area contributed by atoms with E-state index in [0.29, 0.717) is 24.5 Å². The van der Waals surface area contributed by atoms with Gasteiger partial charge in [0.15, 0.2) is 0 Å². The Kier molecular flexibility index (Phi) is 5.70. The molecular weight excluding hydrogens is 426 g/mol. The monoisotopic (exact) mass is 449 g/mol. The molecule has 0 radical (unpaired) electrons. The molecule has 0 aliphatic carbocycles. The minimum atomic E-state index is 0.0240. The van der Waals surface area contributed by atoms with Gasteiger partial charge >= 0.3 is 0 Å². The highest BCUT2D eigenvalue weighted by molar-refractivity contribution is 7.18. The van der Waals surface area contributed by atoms with Crippen molar-refractivity contribution < 1.29 is 9.53 Å². The fourth-order valence-electron chi connectivity index (χ4n) is 3.99. The number of thiazole rings is 2. The lowest BCUT2D eigenvalue weighted by atomic mass is 9.98. The highest BCUT2D eigenvalue weighted by Gasteiger charge is 2.28. The minimum absolute atomic E-state index is 0.0240. The summed E-state index contributed by atoms with van der Waals surface area (Å²) in [7, 11) is 0. The summed E-state index contributed by atoms with van der Waals surface area (Å²) in [6.45, 7) is 3.80. The van der Waals surface area contributed by atoms with Crippen LogP contribution < -0.4 is 4.74 Å². The van der Waals surface area contributed by atoms with E-state index in [0.717, 1.165) is 40.6 Å². The summed E-state index contributed by atoms with van der Waals surface area (Å²) in [4.78, 5) is 24.6. The van der Waals surface area contributed by atoms with Gasteiger partial charge in [0, 0.05) is 24.4 Å². The number of likely N-dealkylation sites (tertiary alicyclic amines) is 1. The third-order valence-corrected chi connectivity index (χ3v) is 7.55. The first kappa shape index (κ1) is 20.2. The van der Waals surface area contributed by atoms with Crippen LogP contribution in [-0.4, -0.2) is 33.9 Å². The standard InChI is InChI=1S/C24H23N3O2S2/c1-16-25-18(15-30-16)14-29-21-10-4-2-8-19(21)24(28)27-12-6-7-17(13-27)23-26-20-9-3-5-11-22(20)31-23/h2-5,8-11,15,17H,6-7,12-14H2,1H3. The number of rotatable bonds is 5. The van der Waals surface area contributed by atoms with Gasteiger partial charge in [-0.1, -0.05) is 24.3 Å². The SMILES string of the molecule is Cc1nc(COc2ccccc2C(=O)N2CCCC(c3nc4ccccc4s3)C2)cs1. The Morgan fingerprint density at radius 3 is 2.84 bits per heavy atom. The van der Waals surface area contributed by atoms with E-state index in [2.05, 4.69) is 17.1 Å². The molecule has 4 aromatic rings. The van der Waals surface area contributed by atoms with Crippen LogP contribution in [0.3, 0.4) is 0 Å². The van der Waals surface area contributed by atoms with Crippen molar-refractivity contribution in [2.75, 3.05) is 13.1 Å². The van der Waals surface area contributed by atoms with E-state index < -0.39 is 0 Å². The smallest absolute Gasteiger partial charge is 0.257 e. The second-order valence-electron chi connectivity index (χ2n) is 7.75. The number of carbonyl (C=O) groups is 1. The summed E-state index contributed by atoms with van der Waals surface area (Å²) in [5.74, 6) is 0.914. The Morgan fingerprint density at radius 2 is 2.00 bits per heavy atom. The lowest BCUT2D eigenvalue weighted by Gasteiger charge is -2.32. The largest absolute Gasteiger partial charge is 0.486 e. The van der Waals surface area contributed by atoms with Crippen molar-refractivity contribution in [2.45, 2.75) is 32.3 Å². The van der Waals surface area contributed by atoms with E-state index in [-0.39, 0.29) is 11.8 Å². The van der Waals surface area contributed by atoms with Crippen LogP contribution in [0.15, 0.2) is 53.9 Å². The van der Waals surface area contributed by atoms with E-state index in [9.17, 15) is 4.79 Å². The lowest BCUT2D eigenvalue weighted by molar-refractivity contribution is 0.0702. The molecule has 2 aromatic heterocycles. The molecule has 0 saturated carbocycles. The Morgan fingerprint density at radius 1 is 1.16 bits per heavy atom. The van der Waals surface area contributed by atoms with Crippen molar-refractivity contribution in [3.63, 3.8) is 0 Å². The van der Waals surface area contributed by atoms with Crippen molar-refractivity contribution in [2.24, 2.45) is 0 Å². The third-order valence-electron chi connectivity index (χ3n) is 5.53. The van der Waals surface area contributed by atoms with Gasteiger partial charge in [-0.05, 0) is 44.0 Å². The summed E-state index contributed by atoms with van der Waals surface area (Å²) in [6, 6.07) is 15.7. The van der Waals surface area contributed by atoms with Gasteiger partial charge in [0.05, 0.1) is 31.5 Å². The molecular formula is C24H23N3O2S2. The molecule has 2 aromatic carbocycles. The molecule has 1 saturated heterocycles. The van der Waals surface area contributed by atoms with Crippen LogP contribution in [0.25, 0.3) is 10.2 Å². The zero-order chi connectivity index (χ0) is 21.2. The first-order valence-electron chi connectivity index (χ1n) is 10.4. The van der Waals surface area contributed by atoms with Crippen LogP contribution in [0.1, 0.15) is 44.8 Å². The Labute approximate surface area is 189 Å². The molecule has 158 valence electrons. The molecule has 0 N–H and O–H groups in total. The molecule has 1 unspecified atom stereocenters. The van der Waals surface area contributed by atoms with Gasteiger partial charge in [0.1, 0.15) is 12.4 Å². The van der Waals surface area contributed by atoms with Crippen LogP contribution >= 0.6 is 22.7 Å². The normalized spacial score (nSPS) is 16.5. The lowest BCUT2D eigenvalue weighted by Crippen LogP contribution is -2.39. The number of benzene rings is 2. The number of para-hydroxylation sites is 2. The third kappa shape index (κ3) is 4.34. The average molecular weight is 450 g/mol. The van der Waals surface area contributed by atoms with Crippen molar-refractivity contribution in [1.29, 1.82) is 0 Å². The fraction of sp³-hybridized carbons (Fsp3) is 0.292. The molecule has 31 heavy (non-hydrogen) atoms.